The van der Waals surface area contributed by atoms with Gasteiger partial charge in [-0.25, -0.2) is 0 Å². The van der Waals surface area contributed by atoms with Crippen molar-refractivity contribution >= 4 is 40.1 Å². The Labute approximate surface area is 167 Å². The summed E-state index contributed by atoms with van der Waals surface area (Å²) >= 11 is 8.13. The second-order valence-electron chi connectivity index (χ2n) is 5.39. The standard InChI is InChI=1S/C19H21ClINO3/c1-4-24-17-9-6-13(10-18(17)25-5-2)12(3)22-19(23)15-11-14(20)7-8-16(15)21/h6-12H,4-5H2,1-3H3,(H,22,23). The van der Waals surface area contributed by atoms with E-state index in [9.17, 15) is 4.79 Å². The molecule has 25 heavy (non-hydrogen) atoms. The average Bonchev–Trinajstić information content (AvgIpc) is 2.58. The zero-order valence-electron chi connectivity index (χ0n) is 14.4. The Bertz CT molecular complexity index is 751. The molecule has 1 N–H and O–H groups in total. The van der Waals surface area contributed by atoms with Crippen molar-refractivity contribution < 1.29 is 14.3 Å². The summed E-state index contributed by atoms with van der Waals surface area (Å²) in [6, 6.07) is 10.8. The van der Waals surface area contributed by atoms with Crippen molar-refractivity contribution in [2.45, 2.75) is 26.8 Å². The molecule has 1 unspecified atom stereocenters. The lowest BCUT2D eigenvalue weighted by molar-refractivity contribution is 0.0939. The van der Waals surface area contributed by atoms with Gasteiger partial charge in [-0.2, -0.15) is 0 Å². The molecule has 0 aliphatic heterocycles. The van der Waals surface area contributed by atoms with Crippen molar-refractivity contribution in [1.82, 2.24) is 5.32 Å². The molecule has 0 saturated heterocycles. The molecule has 2 aromatic carbocycles. The maximum Gasteiger partial charge on any atom is 0.252 e. The van der Waals surface area contributed by atoms with Crippen LogP contribution in [0.4, 0.5) is 0 Å². The van der Waals surface area contributed by atoms with E-state index in [0.29, 0.717) is 35.3 Å². The summed E-state index contributed by atoms with van der Waals surface area (Å²) in [6.07, 6.45) is 0. The van der Waals surface area contributed by atoms with E-state index in [-0.39, 0.29) is 11.9 Å². The zero-order valence-corrected chi connectivity index (χ0v) is 17.3. The van der Waals surface area contributed by atoms with E-state index >= 15 is 0 Å². The van der Waals surface area contributed by atoms with Crippen LogP contribution in [0.1, 0.15) is 42.7 Å². The highest BCUT2D eigenvalue weighted by atomic mass is 127. The number of carbonyl (C=O) groups excluding carboxylic acids is 1. The second kappa shape index (κ2) is 9.29. The minimum atomic E-state index is -0.183. The van der Waals surface area contributed by atoms with Crippen molar-refractivity contribution in [3.8, 4) is 11.5 Å². The van der Waals surface area contributed by atoms with E-state index in [1.807, 2.05) is 45.0 Å². The zero-order chi connectivity index (χ0) is 18.4. The molecule has 0 spiro atoms. The van der Waals surface area contributed by atoms with Gasteiger partial charge in [0.1, 0.15) is 0 Å². The Morgan fingerprint density at radius 1 is 1.12 bits per heavy atom. The van der Waals surface area contributed by atoms with Gasteiger partial charge < -0.3 is 14.8 Å². The molecule has 0 fully saturated rings. The Balaban J connectivity index is 2.19. The number of ether oxygens (including phenoxy) is 2. The van der Waals surface area contributed by atoms with E-state index in [1.54, 1.807) is 12.1 Å². The van der Waals surface area contributed by atoms with Crippen molar-refractivity contribution in [3.05, 3.63) is 56.1 Å². The van der Waals surface area contributed by atoms with Gasteiger partial charge in [0, 0.05) is 8.59 Å². The van der Waals surface area contributed by atoms with Gasteiger partial charge >= 0.3 is 0 Å². The Morgan fingerprint density at radius 2 is 1.80 bits per heavy atom. The fourth-order valence-electron chi connectivity index (χ4n) is 2.37. The van der Waals surface area contributed by atoms with E-state index in [1.165, 1.54) is 0 Å². The van der Waals surface area contributed by atoms with Gasteiger partial charge in [0.25, 0.3) is 5.91 Å². The predicted octanol–water partition coefficient (Wildman–Crippen LogP) is 5.23. The maximum absolute atomic E-state index is 12.6. The highest BCUT2D eigenvalue weighted by Crippen LogP contribution is 2.31. The van der Waals surface area contributed by atoms with Crippen LogP contribution in [-0.4, -0.2) is 19.1 Å². The van der Waals surface area contributed by atoms with Crippen LogP contribution in [0.15, 0.2) is 36.4 Å². The molecular weight excluding hydrogens is 453 g/mol. The number of carbonyl (C=O) groups is 1. The minimum absolute atomic E-state index is 0.161. The topological polar surface area (TPSA) is 47.6 Å². The number of amides is 1. The van der Waals surface area contributed by atoms with Crippen LogP contribution in [0.2, 0.25) is 5.02 Å². The third-order valence-corrected chi connectivity index (χ3v) is 4.76. The van der Waals surface area contributed by atoms with Crippen LogP contribution in [0.5, 0.6) is 11.5 Å². The largest absolute Gasteiger partial charge is 0.490 e. The molecule has 4 nitrogen and oxygen atoms in total. The van der Waals surface area contributed by atoms with Crippen molar-refractivity contribution in [1.29, 1.82) is 0 Å². The number of benzene rings is 2. The van der Waals surface area contributed by atoms with Gasteiger partial charge in [-0.3, -0.25) is 4.79 Å². The lowest BCUT2D eigenvalue weighted by Crippen LogP contribution is -2.27. The van der Waals surface area contributed by atoms with Gasteiger partial charge in [0.2, 0.25) is 0 Å². The molecule has 2 aromatic rings. The summed E-state index contributed by atoms with van der Waals surface area (Å²) in [4.78, 5) is 12.6. The Kier molecular flexibility index (Phi) is 7.38. The maximum atomic E-state index is 12.6. The summed E-state index contributed by atoms with van der Waals surface area (Å²) in [7, 11) is 0. The molecule has 0 aliphatic carbocycles. The quantitative estimate of drug-likeness (QED) is 0.560. The first-order chi connectivity index (χ1) is 12.0. The molecule has 2 rings (SSSR count). The summed E-state index contributed by atoms with van der Waals surface area (Å²) in [6.45, 7) is 6.90. The number of halogens is 2. The SMILES string of the molecule is CCOc1ccc(C(C)NC(=O)c2cc(Cl)ccc2I)cc1OCC. The fraction of sp³-hybridized carbons (Fsp3) is 0.316. The smallest absolute Gasteiger partial charge is 0.252 e. The highest BCUT2D eigenvalue weighted by Gasteiger charge is 2.16. The van der Waals surface area contributed by atoms with E-state index in [4.69, 9.17) is 21.1 Å². The van der Waals surface area contributed by atoms with Crippen molar-refractivity contribution in [3.63, 3.8) is 0 Å². The first-order valence-electron chi connectivity index (χ1n) is 8.11. The van der Waals surface area contributed by atoms with Gasteiger partial charge in [-0.05, 0) is 79.3 Å². The lowest BCUT2D eigenvalue weighted by atomic mass is 10.1. The number of hydrogen-bond acceptors (Lipinski definition) is 3. The highest BCUT2D eigenvalue weighted by molar-refractivity contribution is 14.1. The van der Waals surface area contributed by atoms with E-state index < -0.39 is 0 Å². The molecule has 0 saturated carbocycles. The van der Waals surface area contributed by atoms with E-state index in [2.05, 4.69) is 27.9 Å². The molecule has 6 heteroatoms. The molecule has 134 valence electrons. The Hall–Kier alpha value is -1.47. The molecule has 1 amide bonds. The van der Waals surface area contributed by atoms with Gasteiger partial charge in [-0.15, -0.1) is 0 Å². The predicted molar refractivity (Wildman–Crippen MR) is 109 cm³/mol. The molecule has 0 heterocycles. The molecule has 0 radical (unpaired) electrons. The van der Waals surface area contributed by atoms with E-state index in [0.717, 1.165) is 9.13 Å². The fourth-order valence-corrected chi connectivity index (χ4v) is 3.12. The van der Waals surface area contributed by atoms with Crippen LogP contribution in [0.3, 0.4) is 0 Å². The van der Waals surface area contributed by atoms with Crippen LogP contribution in [0.25, 0.3) is 0 Å². The average molecular weight is 474 g/mol. The van der Waals surface area contributed by atoms with Crippen LogP contribution < -0.4 is 14.8 Å². The molecule has 0 bridgehead atoms. The monoisotopic (exact) mass is 473 g/mol. The first kappa shape index (κ1) is 19.8. The van der Waals surface area contributed by atoms with Crippen molar-refractivity contribution in [2.75, 3.05) is 13.2 Å². The number of nitrogens with one attached hydrogen (secondary N) is 1. The first-order valence-corrected chi connectivity index (χ1v) is 9.57. The molecule has 0 aromatic heterocycles. The van der Waals surface area contributed by atoms with Crippen molar-refractivity contribution in [2.24, 2.45) is 0 Å². The lowest BCUT2D eigenvalue weighted by Gasteiger charge is -2.18. The normalized spacial score (nSPS) is 11.7. The summed E-state index contributed by atoms with van der Waals surface area (Å²) in [5, 5.41) is 3.54. The third-order valence-electron chi connectivity index (χ3n) is 3.59. The minimum Gasteiger partial charge on any atom is -0.490 e. The van der Waals surface area contributed by atoms with Gasteiger partial charge in [0.15, 0.2) is 11.5 Å². The van der Waals surface area contributed by atoms with Gasteiger partial charge in [-0.1, -0.05) is 17.7 Å². The second-order valence-corrected chi connectivity index (χ2v) is 6.99. The molecule has 0 aliphatic rings. The molecular formula is C19H21ClINO3. The van der Waals surface area contributed by atoms with Crippen LogP contribution >= 0.6 is 34.2 Å². The molecule has 1 atom stereocenters. The summed E-state index contributed by atoms with van der Waals surface area (Å²) in [5.41, 5.74) is 1.51. The summed E-state index contributed by atoms with van der Waals surface area (Å²) in [5.74, 6) is 1.22. The number of hydrogen-bond donors (Lipinski definition) is 1. The van der Waals surface area contributed by atoms with Crippen LogP contribution in [0, 0.1) is 3.57 Å². The third kappa shape index (κ3) is 5.25. The Morgan fingerprint density at radius 3 is 2.48 bits per heavy atom. The summed E-state index contributed by atoms with van der Waals surface area (Å²) < 4.78 is 12.1. The van der Waals surface area contributed by atoms with Gasteiger partial charge in [0.05, 0.1) is 24.8 Å². The number of rotatable bonds is 7. The van der Waals surface area contributed by atoms with Crippen LogP contribution in [-0.2, 0) is 0 Å².